The number of rotatable bonds is 6. The molecular formula is C21H28N2O3S. The molecule has 0 bridgehead atoms. The number of amides is 1. The van der Waals surface area contributed by atoms with Crippen molar-refractivity contribution in [3.8, 4) is 0 Å². The summed E-state index contributed by atoms with van der Waals surface area (Å²) in [5.74, 6) is -0.374. The van der Waals surface area contributed by atoms with Gasteiger partial charge in [-0.05, 0) is 41.2 Å². The molecule has 0 saturated carbocycles. The first-order valence-electron chi connectivity index (χ1n) is 8.98. The summed E-state index contributed by atoms with van der Waals surface area (Å²) in [5.41, 5.74) is 3.26. The van der Waals surface area contributed by atoms with Gasteiger partial charge in [0, 0.05) is 5.69 Å². The number of benzene rings is 2. The standard InChI is InChI=1S/C21H28N2O3S/c1-6-16-9-7-8-10-19(16)22-20(24)15-23(27(5,25)26)18-13-11-17(12-14-18)21(2,3)4/h7-14H,6,15H2,1-5H3,(H,22,24). The molecule has 0 aliphatic carbocycles. The first-order valence-corrected chi connectivity index (χ1v) is 10.8. The smallest absolute Gasteiger partial charge is 0.245 e. The van der Waals surface area contributed by atoms with Gasteiger partial charge in [0.15, 0.2) is 0 Å². The Morgan fingerprint density at radius 2 is 1.63 bits per heavy atom. The number of carbonyl (C=O) groups excluding carboxylic acids is 1. The van der Waals surface area contributed by atoms with Crippen LogP contribution in [0.2, 0.25) is 0 Å². The first-order chi connectivity index (χ1) is 12.5. The fourth-order valence-electron chi connectivity index (χ4n) is 2.80. The van der Waals surface area contributed by atoms with Gasteiger partial charge < -0.3 is 5.32 Å². The lowest BCUT2D eigenvalue weighted by atomic mass is 9.87. The predicted octanol–water partition coefficient (Wildman–Crippen LogP) is 3.95. The Morgan fingerprint density at radius 3 is 2.15 bits per heavy atom. The second kappa shape index (κ2) is 8.13. The van der Waals surface area contributed by atoms with Gasteiger partial charge in [0.05, 0.1) is 11.9 Å². The Labute approximate surface area is 162 Å². The maximum atomic E-state index is 12.5. The highest BCUT2D eigenvalue weighted by Gasteiger charge is 2.22. The van der Waals surface area contributed by atoms with Crippen molar-refractivity contribution in [3.05, 3.63) is 59.7 Å². The number of nitrogens with one attached hydrogen (secondary N) is 1. The lowest BCUT2D eigenvalue weighted by molar-refractivity contribution is -0.114. The first kappa shape index (κ1) is 21.0. The molecule has 0 atom stereocenters. The van der Waals surface area contributed by atoms with Crippen LogP contribution in [0.5, 0.6) is 0 Å². The number of carbonyl (C=O) groups is 1. The van der Waals surface area contributed by atoms with Crippen LogP contribution in [0.25, 0.3) is 0 Å². The fraction of sp³-hybridized carbons (Fsp3) is 0.381. The van der Waals surface area contributed by atoms with Gasteiger partial charge in [-0.2, -0.15) is 0 Å². The van der Waals surface area contributed by atoms with Gasteiger partial charge in [-0.15, -0.1) is 0 Å². The summed E-state index contributed by atoms with van der Waals surface area (Å²) in [7, 11) is -3.60. The van der Waals surface area contributed by atoms with Crippen molar-refractivity contribution in [1.29, 1.82) is 0 Å². The minimum absolute atomic E-state index is 0.0321. The van der Waals surface area contributed by atoms with Crippen molar-refractivity contribution < 1.29 is 13.2 Å². The van der Waals surface area contributed by atoms with Crippen molar-refractivity contribution in [3.63, 3.8) is 0 Å². The van der Waals surface area contributed by atoms with Gasteiger partial charge in [0.2, 0.25) is 15.9 Å². The SMILES string of the molecule is CCc1ccccc1NC(=O)CN(c1ccc(C(C)(C)C)cc1)S(C)(=O)=O. The van der Waals surface area contributed by atoms with E-state index in [1.807, 2.05) is 43.3 Å². The molecule has 2 rings (SSSR count). The third kappa shape index (κ3) is 5.57. The average molecular weight is 389 g/mol. The van der Waals surface area contributed by atoms with E-state index in [-0.39, 0.29) is 17.9 Å². The Hall–Kier alpha value is -2.34. The highest BCUT2D eigenvalue weighted by atomic mass is 32.2. The van der Waals surface area contributed by atoms with E-state index >= 15 is 0 Å². The van der Waals surface area contributed by atoms with Crippen molar-refractivity contribution >= 4 is 27.3 Å². The molecule has 1 amide bonds. The molecule has 0 aliphatic heterocycles. The van der Waals surface area contributed by atoms with Crippen LogP contribution in [0.15, 0.2) is 48.5 Å². The summed E-state index contributed by atoms with van der Waals surface area (Å²) in [6, 6.07) is 14.8. The molecule has 0 saturated heterocycles. The molecule has 0 unspecified atom stereocenters. The number of sulfonamides is 1. The maximum absolute atomic E-state index is 12.5. The lowest BCUT2D eigenvalue weighted by Crippen LogP contribution is -2.37. The molecule has 0 fully saturated rings. The molecular weight excluding hydrogens is 360 g/mol. The van der Waals surface area contributed by atoms with Crippen LogP contribution in [0.3, 0.4) is 0 Å². The normalized spacial score (nSPS) is 11.9. The third-order valence-corrected chi connectivity index (χ3v) is 5.52. The van der Waals surface area contributed by atoms with E-state index in [0.29, 0.717) is 11.4 Å². The minimum atomic E-state index is -3.60. The Kier molecular flexibility index (Phi) is 6.31. The van der Waals surface area contributed by atoms with Crippen LogP contribution in [0, 0.1) is 0 Å². The Morgan fingerprint density at radius 1 is 1.04 bits per heavy atom. The third-order valence-electron chi connectivity index (χ3n) is 4.38. The molecule has 5 nitrogen and oxygen atoms in total. The molecule has 2 aromatic rings. The molecule has 0 aliphatic rings. The largest absolute Gasteiger partial charge is 0.324 e. The van der Waals surface area contributed by atoms with Crippen LogP contribution >= 0.6 is 0 Å². The van der Waals surface area contributed by atoms with Crippen LogP contribution in [-0.4, -0.2) is 27.1 Å². The highest BCUT2D eigenvalue weighted by molar-refractivity contribution is 7.92. The number of para-hydroxylation sites is 1. The van der Waals surface area contributed by atoms with E-state index < -0.39 is 10.0 Å². The molecule has 146 valence electrons. The Balaban J connectivity index is 2.24. The van der Waals surface area contributed by atoms with E-state index in [4.69, 9.17) is 0 Å². The topological polar surface area (TPSA) is 66.5 Å². The highest BCUT2D eigenvalue weighted by Crippen LogP contribution is 2.26. The zero-order chi connectivity index (χ0) is 20.2. The van der Waals surface area contributed by atoms with E-state index in [1.54, 1.807) is 12.1 Å². The minimum Gasteiger partial charge on any atom is -0.324 e. The summed E-state index contributed by atoms with van der Waals surface area (Å²) >= 11 is 0. The van der Waals surface area contributed by atoms with Crippen LogP contribution in [-0.2, 0) is 26.7 Å². The van der Waals surface area contributed by atoms with Gasteiger partial charge in [-0.3, -0.25) is 9.10 Å². The van der Waals surface area contributed by atoms with Gasteiger partial charge in [0.25, 0.3) is 0 Å². The van der Waals surface area contributed by atoms with Crippen molar-refractivity contribution in [2.45, 2.75) is 39.5 Å². The number of anilines is 2. The van der Waals surface area contributed by atoms with Crippen molar-refractivity contribution in [1.82, 2.24) is 0 Å². The molecule has 0 radical (unpaired) electrons. The summed E-state index contributed by atoms with van der Waals surface area (Å²) in [4.78, 5) is 12.5. The number of hydrogen-bond acceptors (Lipinski definition) is 3. The average Bonchev–Trinajstić information content (AvgIpc) is 2.58. The molecule has 0 heterocycles. The quantitative estimate of drug-likeness (QED) is 0.815. The van der Waals surface area contributed by atoms with Crippen molar-refractivity contribution in [2.75, 3.05) is 22.4 Å². The fourth-order valence-corrected chi connectivity index (χ4v) is 3.65. The van der Waals surface area contributed by atoms with Crippen LogP contribution in [0.4, 0.5) is 11.4 Å². The Bertz CT molecular complexity index is 898. The van der Waals surface area contributed by atoms with Crippen LogP contribution in [0.1, 0.15) is 38.8 Å². The molecule has 1 N–H and O–H groups in total. The van der Waals surface area contributed by atoms with Gasteiger partial charge in [-0.1, -0.05) is 58.0 Å². The second-order valence-corrected chi connectivity index (χ2v) is 9.53. The summed E-state index contributed by atoms with van der Waals surface area (Å²) in [6.45, 7) is 8.01. The molecule has 0 spiro atoms. The summed E-state index contributed by atoms with van der Waals surface area (Å²) in [5, 5.41) is 2.82. The van der Waals surface area contributed by atoms with E-state index in [0.717, 1.165) is 28.1 Å². The number of aryl methyl sites for hydroxylation is 1. The van der Waals surface area contributed by atoms with E-state index in [2.05, 4.69) is 26.1 Å². The maximum Gasteiger partial charge on any atom is 0.245 e. The van der Waals surface area contributed by atoms with Gasteiger partial charge >= 0.3 is 0 Å². The van der Waals surface area contributed by atoms with E-state index in [9.17, 15) is 13.2 Å². The predicted molar refractivity (Wildman–Crippen MR) is 112 cm³/mol. The molecule has 2 aromatic carbocycles. The van der Waals surface area contributed by atoms with Gasteiger partial charge in [-0.25, -0.2) is 8.42 Å². The van der Waals surface area contributed by atoms with Crippen LogP contribution < -0.4 is 9.62 Å². The monoisotopic (exact) mass is 388 g/mol. The summed E-state index contributed by atoms with van der Waals surface area (Å²) in [6.07, 6.45) is 1.89. The second-order valence-electron chi connectivity index (χ2n) is 7.63. The zero-order valence-corrected chi connectivity index (χ0v) is 17.4. The molecule has 0 aromatic heterocycles. The molecule has 6 heteroatoms. The number of nitrogens with zero attached hydrogens (tertiary/aromatic N) is 1. The number of hydrogen-bond donors (Lipinski definition) is 1. The van der Waals surface area contributed by atoms with Crippen molar-refractivity contribution in [2.24, 2.45) is 0 Å². The summed E-state index contributed by atoms with van der Waals surface area (Å²) < 4.78 is 25.7. The zero-order valence-electron chi connectivity index (χ0n) is 16.6. The lowest BCUT2D eigenvalue weighted by Gasteiger charge is -2.24. The van der Waals surface area contributed by atoms with Gasteiger partial charge in [0.1, 0.15) is 6.54 Å². The van der Waals surface area contributed by atoms with E-state index in [1.165, 1.54) is 0 Å². The molecule has 27 heavy (non-hydrogen) atoms.